The van der Waals surface area contributed by atoms with Crippen LogP contribution in [0.4, 0.5) is 14.5 Å². The van der Waals surface area contributed by atoms with Crippen molar-refractivity contribution in [1.29, 1.82) is 0 Å². The minimum atomic E-state index is -4.32. The van der Waals surface area contributed by atoms with Crippen molar-refractivity contribution in [3.05, 3.63) is 107 Å². The maximum atomic E-state index is 15.1. The van der Waals surface area contributed by atoms with Crippen molar-refractivity contribution in [2.45, 2.75) is 74.5 Å². The Morgan fingerprint density at radius 1 is 0.855 bits per heavy atom. The number of benzene rings is 4. The molecule has 4 aromatic carbocycles. The van der Waals surface area contributed by atoms with E-state index < -0.39 is 37.8 Å². The molecule has 1 aromatic heterocycles. The van der Waals surface area contributed by atoms with Crippen LogP contribution in [0.1, 0.15) is 47.2 Å². The molecule has 8 rings (SSSR count). The molecule has 0 saturated carbocycles. The van der Waals surface area contributed by atoms with Gasteiger partial charge in [0.2, 0.25) is 5.88 Å². The molecule has 0 N–H and O–H groups in total. The molecular formula is C40H40F2N4O7S2. The first-order valence-corrected chi connectivity index (χ1v) is 20.9. The second kappa shape index (κ2) is 14.0. The standard InChI is InChI=1S/C40H40F2N4O7S2/c1-25-5-10-31(11-6-25)54(47,48)52-30-19-28-9-14-34(42)27(3)37(28)36(20-30)45-18-15-33-35(23-45)43-39(51-24-40-16-4-17-46(40)22-29(41)21-40)44-38(33)53-55(49,50)32-12-7-26(2)8-13-32/h5-14,19-20,29H,4,15-18,21-24H2,1-3H3/t29-,40+/m1/s1. The van der Waals surface area contributed by atoms with Crippen LogP contribution in [0.25, 0.3) is 10.8 Å². The Morgan fingerprint density at radius 3 is 2.22 bits per heavy atom. The third kappa shape index (κ3) is 7.20. The smallest absolute Gasteiger partial charge is 0.340 e. The van der Waals surface area contributed by atoms with E-state index in [-0.39, 0.29) is 53.5 Å². The van der Waals surface area contributed by atoms with E-state index in [9.17, 15) is 21.2 Å². The first-order valence-electron chi connectivity index (χ1n) is 18.1. The summed E-state index contributed by atoms with van der Waals surface area (Å²) < 4.78 is 101. The van der Waals surface area contributed by atoms with Gasteiger partial charge in [-0.25, -0.2) is 8.78 Å². The van der Waals surface area contributed by atoms with Crippen LogP contribution < -0.4 is 18.0 Å². The van der Waals surface area contributed by atoms with Crippen LogP contribution in [0.3, 0.4) is 0 Å². The normalized spacial score (nSPS) is 20.0. The summed E-state index contributed by atoms with van der Waals surface area (Å²) >= 11 is 0. The number of hydrogen-bond donors (Lipinski definition) is 0. The molecule has 5 aromatic rings. The van der Waals surface area contributed by atoms with E-state index >= 15 is 4.39 Å². The zero-order valence-electron chi connectivity index (χ0n) is 30.6. The number of halogens is 2. The zero-order valence-corrected chi connectivity index (χ0v) is 32.2. The molecule has 3 aliphatic heterocycles. The van der Waals surface area contributed by atoms with Crippen LogP contribution in [0.5, 0.6) is 17.6 Å². The minimum absolute atomic E-state index is 0.0146. The summed E-state index contributed by atoms with van der Waals surface area (Å²) in [5.41, 5.74) is 2.95. The number of fused-ring (bicyclic) bond motifs is 3. The highest BCUT2D eigenvalue weighted by Crippen LogP contribution is 2.42. The fraction of sp³-hybridized carbons (Fsp3) is 0.350. The predicted octanol–water partition coefficient (Wildman–Crippen LogP) is 6.75. The number of rotatable bonds is 10. The van der Waals surface area contributed by atoms with Gasteiger partial charge in [-0.05, 0) is 93.9 Å². The quantitative estimate of drug-likeness (QED) is 0.140. The molecule has 15 heteroatoms. The lowest BCUT2D eigenvalue weighted by Crippen LogP contribution is -2.43. The van der Waals surface area contributed by atoms with E-state index in [0.717, 1.165) is 30.5 Å². The largest absolute Gasteiger partial charge is 0.461 e. The maximum Gasteiger partial charge on any atom is 0.340 e. The van der Waals surface area contributed by atoms with Gasteiger partial charge in [-0.15, -0.1) is 0 Å². The molecule has 2 fully saturated rings. The summed E-state index contributed by atoms with van der Waals surface area (Å²) in [5.74, 6) is -0.586. The minimum Gasteiger partial charge on any atom is -0.461 e. The van der Waals surface area contributed by atoms with Gasteiger partial charge in [0.05, 0.1) is 17.8 Å². The number of ether oxygens (including phenoxy) is 1. The monoisotopic (exact) mass is 790 g/mol. The van der Waals surface area contributed by atoms with Gasteiger partial charge in [0.25, 0.3) is 0 Å². The molecule has 0 unspecified atom stereocenters. The highest BCUT2D eigenvalue weighted by molar-refractivity contribution is 7.87. The Morgan fingerprint density at radius 2 is 1.53 bits per heavy atom. The Labute approximate surface area is 319 Å². The summed E-state index contributed by atoms with van der Waals surface area (Å²) in [6.07, 6.45) is 1.21. The summed E-state index contributed by atoms with van der Waals surface area (Å²) in [4.78, 5) is 13.1. The van der Waals surface area contributed by atoms with Gasteiger partial charge in [-0.2, -0.15) is 26.8 Å². The highest BCUT2D eigenvalue weighted by atomic mass is 32.2. The Hall–Kier alpha value is -4.86. The molecule has 0 radical (unpaired) electrons. The van der Waals surface area contributed by atoms with Gasteiger partial charge in [0.15, 0.2) is 0 Å². The van der Waals surface area contributed by atoms with E-state index in [1.54, 1.807) is 49.4 Å². The Bertz CT molecular complexity index is 2520. The summed E-state index contributed by atoms with van der Waals surface area (Å²) in [7, 11) is -8.54. The molecule has 2 atom stereocenters. The number of hydrogen-bond acceptors (Lipinski definition) is 11. The number of alkyl halides is 1. The Kier molecular flexibility index (Phi) is 9.45. The van der Waals surface area contributed by atoms with Crippen molar-refractivity contribution in [1.82, 2.24) is 14.9 Å². The molecule has 11 nitrogen and oxygen atoms in total. The molecule has 55 heavy (non-hydrogen) atoms. The van der Waals surface area contributed by atoms with Crippen molar-refractivity contribution in [2.24, 2.45) is 0 Å². The van der Waals surface area contributed by atoms with Crippen molar-refractivity contribution in [2.75, 3.05) is 31.1 Å². The van der Waals surface area contributed by atoms with Crippen LogP contribution in [0, 0.1) is 26.6 Å². The topological polar surface area (TPSA) is 128 Å². The highest BCUT2D eigenvalue weighted by Gasteiger charge is 2.49. The number of nitrogens with zero attached hydrogens (tertiary/aromatic N) is 4. The van der Waals surface area contributed by atoms with Gasteiger partial charge in [0.1, 0.15) is 34.1 Å². The molecular weight excluding hydrogens is 751 g/mol. The third-order valence-corrected chi connectivity index (χ3v) is 13.3. The first-order chi connectivity index (χ1) is 26.2. The summed E-state index contributed by atoms with van der Waals surface area (Å²) in [6.45, 7) is 6.91. The van der Waals surface area contributed by atoms with Crippen LogP contribution in [-0.4, -0.2) is 69.7 Å². The Balaban J connectivity index is 1.17. The van der Waals surface area contributed by atoms with Gasteiger partial charge in [-0.3, -0.25) is 4.90 Å². The number of aromatic nitrogens is 2. The average molecular weight is 791 g/mol. The van der Waals surface area contributed by atoms with Crippen LogP contribution >= 0.6 is 0 Å². The molecule has 4 heterocycles. The number of anilines is 1. The van der Waals surface area contributed by atoms with Crippen molar-refractivity contribution < 1.29 is 38.7 Å². The van der Waals surface area contributed by atoms with Crippen molar-refractivity contribution in [3.63, 3.8) is 0 Å². The van der Waals surface area contributed by atoms with Crippen molar-refractivity contribution >= 4 is 36.7 Å². The number of aryl methyl sites for hydroxylation is 3. The van der Waals surface area contributed by atoms with E-state index in [1.807, 2.05) is 18.7 Å². The molecule has 0 bridgehead atoms. The first kappa shape index (κ1) is 37.1. The lowest BCUT2D eigenvalue weighted by atomic mass is 9.95. The third-order valence-electron chi connectivity index (χ3n) is 10.9. The van der Waals surface area contributed by atoms with Gasteiger partial charge >= 0.3 is 26.2 Å². The zero-order chi connectivity index (χ0) is 38.7. The molecule has 0 amide bonds. The lowest BCUT2D eigenvalue weighted by Gasteiger charge is -2.33. The van der Waals surface area contributed by atoms with Crippen molar-refractivity contribution in [3.8, 4) is 17.6 Å². The van der Waals surface area contributed by atoms with Crippen LogP contribution in [0.15, 0.2) is 82.6 Å². The molecule has 288 valence electrons. The van der Waals surface area contributed by atoms with Crippen LogP contribution in [0.2, 0.25) is 0 Å². The molecule has 2 saturated heterocycles. The molecule has 0 spiro atoms. The van der Waals surface area contributed by atoms with E-state index in [4.69, 9.17) is 18.1 Å². The van der Waals surface area contributed by atoms with Gasteiger partial charge < -0.3 is 18.0 Å². The fourth-order valence-electron chi connectivity index (χ4n) is 7.96. The maximum absolute atomic E-state index is 15.1. The second-order valence-corrected chi connectivity index (χ2v) is 17.8. The lowest BCUT2D eigenvalue weighted by molar-refractivity contribution is 0.106. The van der Waals surface area contributed by atoms with Gasteiger partial charge in [-0.1, -0.05) is 41.5 Å². The van der Waals surface area contributed by atoms with Crippen LogP contribution in [-0.2, 0) is 33.2 Å². The predicted molar refractivity (Wildman–Crippen MR) is 202 cm³/mol. The fourth-order valence-corrected chi connectivity index (χ4v) is 9.79. The SMILES string of the molecule is Cc1ccc(S(=O)(=O)Oc2cc(N3CCc4c(nc(OC[C@@]56CCCN5C[C@H](F)C6)nc4OS(=O)(=O)c4ccc(C)cc4)C3)c3c(C)c(F)ccc3c2)cc1. The summed E-state index contributed by atoms with van der Waals surface area (Å²) in [5, 5.41) is 1.11. The summed E-state index contributed by atoms with van der Waals surface area (Å²) in [6, 6.07) is 18.4. The molecule has 3 aliphatic rings. The van der Waals surface area contributed by atoms with E-state index in [1.165, 1.54) is 30.3 Å². The molecule has 0 aliphatic carbocycles. The van der Waals surface area contributed by atoms with E-state index in [0.29, 0.717) is 46.2 Å². The van der Waals surface area contributed by atoms with Gasteiger partial charge in [0, 0.05) is 42.2 Å². The average Bonchev–Trinajstić information content (AvgIpc) is 3.67. The second-order valence-electron chi connectivity index (χ2n) is 14.7. The van der Waals surface area contributed by atoms with E-state index in [2.05, 4.69) is 9.88 Å².